The smallest absolute Gasteiger partial charge is 0.243 e. The van der Waals surface area contributed by atoms with Crippen molar-refractivity contribution in [2.24, 2.45) is 5.73 Å². The first kappa shape index (κ1) is 40.3. The summed E-state index contributed by atoms with van der Waals surface area (Å²) in [6.07, 6.45) is 3.24. The number of amides is 8. The summed E-state index contributed by atoms with van der Waals surface area (Å²) in [7, 11) is 0. The SMILES string of the molecule is CCC(=O)NCCCCC(NC(=O)CC)C(=O)NC(CCCCNC(=O)CCN1C(=O)CC(SCC(C)NC(C)=O)C1=O)C(N)=O. The van der Waals surface area contributed by atoms with Crippen LogP contribution in [0.15, 0.2) is 0 Å². The minimum absolute atomic E-state index is 0.0271. The number of nitrogens with two attached hydrogens (primary N) is 1. The minimum Gasteiger partial charge on any atom is -0.368 e. The van der Waals surface area contributed by atoms with Gasteiger partial charge in [0.05, 0.1) is 5.25 Å². The van der Waals surface area contributed by atoms with Crippen LogP contribution >= 0.6 is 11.8 Å². The Morgan fingerprint density at radius 1 is 0.848 bits per heavy atom. The van der Waals surface area contributed by atoms with Gasteiger partial charge in [0, 0.05) is 64.0 Å². The van der Waals surface area contributed by atoms with Crippen LogP contribution in [0.4, 0.5) is 0 Å². The maximum absolute atomic E-state index is 12.9. The average molecular weight is 670 g/mol. The topological polar surface area (TPSA) is 226 Å². The van der Waals surface area contributed by atoms with Gasteiger partial charge in [-0.05, 0) is 45.4 Å². The number of primary amides is 1. The quantitative estimate of drug-likeness (QED) is 0.0614. The predicted molar refractivity (Wildman–Crippen MR) is 173 cm³/mol. The molecule has 0 aromatic carbocycles. The molecule has 0 radical (unpaired) electrons. The Morgan fingerprint density at radius 3 is 2.00 bits per heavy atom. The van der Waals surface area contributed by atoms with Crippen LogP contribution < -0.4 is 32.3 Å². The lowest BCUT2D eigenvalue weighted by Gasteiger charge is -2.22. The molecule has 46 heavy (non-hydrogen) atoms. The van der Waals surface area contributed by atoms with Gasteiger partial charge in [0.2, 0.25) is 47.3 Å². The van der Waals surface area contributed by atoms with Crippen LogP contribution in [0.2, 0.25) is 0 Å². The number of unbranched alkanes of at least 4 members (excludes halogenated alkanes) is 2. The van der Waals surface area contributed by atoms with E-state index in [1.165, 1.54) is 18.7 Å². The predicted octanol–water partition coefficient (Wildman–Crippen LogP) is -0.390. The second-order valence-electron chi connectivity index (χ2n) is 11.2. The highest BCUT2D eigenvalue weighted by molar-refractivity contribution is 8.00. The van der Waals surface area contributed by atoms with Gasteiger partial charge in [-0.1, -0.05) is 13.8 Å². The van der Waals surface area contributed by atoms with Gasteiger partial charge < -0.3 is 32.3 Å². The van der Waals surface area contributed by atoms with Gasteiger partial charge in [-0.2, -0.15) is 0 Å². The van der Waals surface area contributed by atoms with Crippen LogP contribution in [0, 0.1) is 0 Å². The van der Waals surface area contributed by atoms with Crippen molar-refractivity contribution in [3.8, 4) is 0 Å². The van der Waals surface area contributed by atoms with Crippen molar-refractivity contribution in [1.29, 1.82) is 0 Å². The zero-order valence-corrected chi connectivity index (χ0v) is 28.2. The molecule has 0 spiro atoms. The van der Waals surface area contributed by atoms with Crippen LogP contribution in [0.1, 0.15) is 91.9 Å². The first-order valence-corrected chi connectivity index (χ1v) is 17.0. The average Bonchev–Trinajstić information content (AvgIpc) is 3.27. The molecule has 4 atom stereocenters. The van der Waals surface area contributed by atoms with E-state index in [1.54, 1.807) is 13.8 Å². The highest BCUT2D eigenvalue weighted by Gasteiger charge is 2.38. The van der Waals surface area contributed by atoms with Crippen LogP contribution in [-0.2, 0) is 38.4 Å². The molecule has 4 unspecified atom stereocenters. The van der Waals surface area contributed by atoms with Crippen LogP contribution in [0.3, 0.4) is 0 Å². The zero-order chi connectivity index (χ0) is 34.6. The number of thioether (sulfide) groups is 1. The minimum atomic E-state index is -0.965. The largest absolute Gasteiger partial charge is 0.368 e. The summed E-state index contributed by atoms with van der Waals surface area (Å²) in [5.41, 5.74) is 5.51. The second-order valence-corrected chi connectivity index (χ2v) is 12.5. The van der Waals surface area contributed by atoms with E-state index in [0.29, 0.717) is 50.8 Å². The molecule has 16 heteroatoms. The lowest BCUT2D eigenvalue weighted by molar-refractivity contribution is -0.138. The molecule has 1 rings (SSSR count). The van der Waals surface area contributed by atoms with E-state index in [0.717, 1.165) is 4.90 Å². The maximum Gasteiger partial charge on any atom is 0.243 e. The van der Waals surface area contributed by atoms with E-state index in [1.807, 2.05) is 6.92 Å². The van der Waals surface area contributed by atoms with Gasteiger partial charge in [-0.25, -0.2) is 0 Å². The number of hydrogen-bond acceptors (Lipinski definition) is 9. The Kier molecular flexibility index (Phi) is 19.2. The van der Waals surface area contributed by atoms with Crippen molar-refractivity contribution >= 4 is 59.0 Å². The Bertz CT molecular complexity index is 1090. The molecule has 0 bridgehead atoms. The number of nitrogens with one attached hydrogen (secondary N) is 5. The molecule has 1 heterocycles. The van der Waals surface area contributed by atoms with Gasteiger partial charge >= 0.3 is 0 Å². The monoisotopic (exact) mass is 669 g/mol. The number of imide groups is 1. The van der Waals surface area contributed by atoms with Gasteiger partial charge in [0.25, 0.3) is 0 Å². The highest BCUT2D eigenvalue weighted by atomic mass is 32.2. The molecule has 15 nitrogen and oxygen atoms in total. The number of rotatable bonds is 23. The zero-order valence-electron chi connectivity index (χ0n) is 27.4. The summed E-state index contributed by atoms with van der Waals surface area (Å²) < 4.78 is 0. The van der Waals surface area contributed by atoms with E-state index < -0.39 is 29.1 Å². The molecule has 0 aliphatic carbocycles. The van der Waals surface area contributed by atoms with Crippen molar-refractivity contribution in [2.45, 2.75) is 115 Å². The molecular weight excluding hydrogens is 618 g/mol. The van der Waals surface area contributed by atoms with Crippen LogP contribution in [-0.4, -0.2) is 101 Å². The summed E-state index contributed by atoms with van der Waals surface area (Å²) in [5, 5.41) is 13.0. The summed E-state index contributed by atoms with van der Waals surface area (Å²) in [6, 6.07) is -1.97. The first-order valence-electron chi connectivity index (χ1n) is 15.9. The van der Waals surface area contributed by atoms with E-state index in [-0.39, 0.29) is 80.3 Å². The third-order valence-electron chi connectivity index (χ3n) is 7.20. The van der Waals surface area contributed by atoms with Gasteiger partial charge in [0.1, 0.15) is 12.1 Å². The molecule has 1 aliphatic heterocycles. The van der Waals surface area contributed by atoms with Crippen molar-refractivity contribution < 1.29 is 38.4 Å². The summed E-state index contributed by atoms with van der Waals surface area (Å²) in [6.45, 7) is 7.35. The lowest BCUT2D eigenvalue weighted by Crippen LogP contribution is -2.52. The van der Waals surface area contributed by atoms with Gasteiger partial charge in [0.15, 0.2) is 0 Å². The molecule has 8 amide bonds. The molecule has 0 aromatic rings. The maximum atomic E-state index is 12.9. The van der Waals surface area contributed by atoms with Crippen molar-refractivity contribution in [3.05, 3.63) is 0 Å². The number of hydrogen-bond donors (Lipinski definition) is 6. The van der Waals surface area contributed by atoms with Gasteiger partial charge in [-0.15, -0.1) is 11.8 Å². The fourth-order valence-electron chi connectivity index (χ4n) is 4.62. The van der Waals surface area contributed by atoms with E-state index >= 15 is 0 Å². The normalized spacial score (nSPS) is 16.3. The molecule has 1 aliphatic rings. The molecule has 1 fully saturated rings. The molecule has 1 saturated heterocycles. The molecule has 7 N–H and O–H groups in total. The number of likely N-dealkylation sites (tertiary alicyclic amines) is 1. The van der Waals surface area contributed by atoms with Crippen molar-refractivity contribution in [2.75, 3.05) is 25.4 Å². The number of carbonyl (C=O) groups is 8. The Labute approximate surface area is 275 Å². The molecule has 260 valence electrons. The number of carbonyl (C=O) groups excluding carboxylic acids is 8. The summed E-state index contributed by atoms with van der Waals surface area (Å²) >= 11 is 1.31. The number of nitrogens with zero attached hydrogens (tertiary/aromatic N) is 1. The first-order chi connectivity index (χ1) is 21.8. The van der Waals surface area contributed by atoms with Gasteiger partial charge in [-0.3, -0.25) is 43.3 Å². The Balaban J connectivity index is 2.44. The summed E-state index contributed by atoms with van der Waals surface area (Å²) in [4.78, 5) is 97.9. The van der Waals surface area contributed by atoms with Crippen LogP contribution in [0.5, 0.6) is 0 Å². The third kappa shape index (κ3) is 16.0. The van der Waals surface area contributed by atoms with Crippen molar-refractivity contribution in [3.63, 3.8) is 0 Å². The standard InChI is InChI=1S/C30H51N7O8S/c1-5-24(39)32-14-10-8-12-22(35-25(40)6-2)29(44)36-21(28(31)43)11-7-9-15-33-26(41)13-16-37-27(42)17-23(30(37)45)46-18-19(3)34-20(4)38/h19,21-23H,5-18H2,1-4H3,(H2,31,43)(H,32,39)(H,33,41)(H,34,38)(H,35,40)(H,36,44). The summed E-state index contributed by atoms with van der Waals surface area (Å²) in [5.74, 6) is -2.32. The van der Waals surface area contributed by atoms with Crippen LogP contribution in [0.25, 0.3) is 0 Å². The lowest BCUT2D eigenvalue weighted by atomic mass is 10.1. The van der Waals surface area contributed by atoms with E-state index in [9.17, 15) is 38.4 Å². The fraction of sp³-hybridized carbons (Fsp3) is 0.733. The van der Waals surface area contributed by atoms with E-state index in [4.69, 9.17) is 5.73 Å². The van der Waals surface area contributed by atoms with Crippen molar-refractivity contribution in [1.82, 2.24) is 31.5 Å². The second kappa shape index (κ2) is 21.9. The highest BCUT2D eigenvalue weighted by Crippen LogP contribution is 2.25. The fourth-order valence-corrected chi connectivity index (χ4v) is 5.75. The third-order valence-corrected chi connectivity index (χ3v) is 8.66. The Morgan fingerprint density at radius 2 is 1.43 bits per heavy atom. The Hall–Kier alpha value is -3.69. The van der Waals surface area contributed by atoms with E-state index in [2.05, 4.69) is 26.6 Å². The molecule has 0 aromatic heterocycles. The molecule has 0 saturated carbocycles. The molecular formula is C30H51N7O8S.